The number of benzene rings is 3. The van der Waals surface area contributed by atoms with E-state index < -0.39 is 17.8 Å². The second-order valence-electron chi connectivity index (χ2n) is 9.56. The number of methoxy groups -OCH3 is 1. The lowest BCUT2D eigenvalue weighted by Crippen LogP contribution is -2.55. The van der Waals surface area contributed by atoms with E-state index in [1.165, 1.54) is 17.0 Å². The average Bonchev–Trinajstić information content (AvgIpc) is 3.33. The molecule has 10 heteroatoms. The van der Waals surface area contributed by atoms with E-state index in [0.29, 0.717) is 30.4 Å². The van der Waals surface area contributed by atoms with Crippen LogP contribution in [0.3, 0.4) is 0 Å². The van der Waals surface area contributed by atoms with E-state index in [1.54, 1.807) is 18.1 Å². The van der Waals surface area contributed by atoms with Gasteiger partial charge in [-0.3, -0.25) is 9.69 Å². The van der Waals surface area contributed by atoms with Gasteiger partial charge in [0, 0.05) is 18.7 Å². The highest BCUT2D eigenvalue weighted by molar-refractivity contribution is 6.07. The minimum atomic E-state index is -4.47. The summed E-state index contributed by atoms with van der Waals surface area (Å²) in [5, 5.41) is 2.74. The summed E-state index contributed by atoms with van der Waals surface area (Å²) in [7, 11) is 1.56. The maximum Gasteiger partial charge on any atom is 0.416 e. The first kappa shape index (κ1) is 26.3. The van der Waals surface area contributed by atoms with Gasteiger partial charge in [0.2, 0.25) is 5.91 Å². The largest absolute Gasteiger partial charge is 0.497 e. The van der Waals surface area contributed by atoms with Gasteiger partial charge in [0.25, 0.3) is 5.84 Å². The molecular formula is C29H28F3N4O3+. The highest BCUT2D eigenvalue weighted by Gasteiger charge is 2.49. The van der Waals surface area contributed by atoms with Gasteiger partial charge in [-0.1, -0.05) is 29.8 Å². The summed E-state index contributed by atoms with van der Waals surface area (Å²) in [6, 6.07) is 19.1. The fraction of sp³-hybridized carbons (Fsp3) is 0.276. The zero-order chi connectivity index (χ0) is 27.7. The third-order valence-corrected chi connectivity index (χ3v) is 6.93. The van der Waals surface area contributed by atoms with Gasteiger partial charge in [0.15, 0.2) is 6.04 Å². The lowest BCUT2D eigenvalue weighted by molar-refractivity contribution is -0.433. The molecule has 0 saturated carbocycles. The number of hydrogen-bond donors (Lipinski definition) is 1. The van der Waals surface area contributed by atoms with Crippen molar-refractivity contribution in [2.45, 2.75) is 19.1 Å². The summed E-state index contributed by atoms with van der Waals surface area (Å²) in [6.07, 6.45) is -4.47. The number of nitrogens with one attached hydrogen (secondary N) is 1. The van der Waals surface area contributed by atoms with Crippen LogP contribution < -0.4 is 10.1 Å². The predicted molar refractivity (Wildman–Crippen MR) is 139 cm³/mol. The van der Waals surface area contributed by atoms with Gasteiger partial charge >= 0.3 is 12.2 Å². The molecule has 202 valence electrons. The molecule has 39 heavy (non-hydrogen) atoms. The SMILES string of the molecule is COc1cccc(C2C[N+](c3ccc(C(F)(F)F)cc3)=C(c3cccc(C)c3)N2C(=O)N2CCNC(=O)C2)c1. The molecule has 2 aliphatic rings. The number of rotatable bonds is 4. The number of amides is 3. The van der Waals surface area contributed by atoms with Gasteiger partial charge in [-0.25, -0.2) is 9.37 Å². The van der Waals surface area contributed by atoms with Crippen LogP contribution in [0.2, 0.25) is 0 Å². The van der Waals surface area contributed by atoms with Gasteiger partial charge in [-0.2, -0.15) is 18.1 Å². The van der Waals surface area contributed by atoms with E-state index in [1.807, 2.05) is 54.0 Å². The maximum atomic E-state index is 14.2. The second-order valence-corrected chi connectivity index (χ2v) is 9.56. The summed E-state index contributed by atoms with van der Waals surface area (Å²) in [5.74, 6) is 0.896. The fourth-order valence-electron chi connectivity index (χ4n) is 5.04. The number of piperazine rings is 1. The Morgan fingerprint density at radius 3 is 2.46 bits per heavy atom. The Labute approximate surface area is 224 Å². The van der Waals surface area contributed by atoms with E-state index in [0.717, 1.165) is 28.8 Å². The van der Waals surface area contributed by atoms with Crippen molar-refractivity contribution in [3.63, 3.8) is 0 Å². The molecule has 0 aliphatic carbocycles. The summed E-state index contributed by atoms with van der Waals surface area (Å²) in [4.78, 5) is 29.5. The fourth-order valence-corrected chi connectivity index (χ4v) is 5.04. The van der Waals surface area contributed by atoms with Crippen LogP contribution in [0.25, 0.3) is 0 Å². The summed E-state index contributed by atoms with van der Waals surface area (Å²) >= 11 is 0. The Morgan fingerprint density at radius 1 is 1.05 bits per heavy atom. The molecule has 2 heterocycles. The van der Waals surface area contributed by atoms with Crippen LogP contribution in [-0.4, -0.2) is 65.4 Å². The van der Waals surface area contributed by atoms with E-state index in [2.05, 4.69) is 5.32 Å². The van der Waals surface area contributed by atoms with Gasteiger partial charge in [0.1, 0.15) is 24.5 Å². The molecule has 5 rings (SSSR count). The van der Waals surface area contributed by atoms with Crippen molar-refractivity contribution in [3.05, 3.63) is 95.1 Å². The number of hydrogen-bond acceptors (Lipinski definition) is 3. The van der Waals surface area contributed by atoms with E-state index in [-0.39, 0.29) is 25.0 Å². The maximum absolute atomic E-state index is 14.2. The molecule has 7 nitrogen and oxygen atoms in total. The second kappa shape index (κ2) is 10.4. The number of aryl methyl sites for hydroxylation is 1. The van der Waals surface area contributed by atoms with Crippen LogP contribution in [0.15, 0.2) is 72.8 Å². The topological polar surface area (TPSA) is 64.9 Å². The summed E-state index contributed by atoms with van der Waals surface area (Å²) in [6.45, 7) is 2.81. The van der Waals surface area contributed by atoms with E-state index >= 15 is 0 Å². The van der Waals surface area contributed by atoms with Crippen LogP contribution in [0.4, 0.5) is 23.7 Å². The number of urea groups is 1. The Bertz CT molecular complexity index is 1440. The molecule has 0 aromatic heterocycles. The monoisotopic (exact) mass is 537 g/mol. The van der Waals surface area contributed by atoms with Crippen LogP contribution in [0, 0.1) is 6.92 Å². The molecule has 0 radical (unpaired) electrons. The predicted octanol–water partition coefficient (Wildman–Crippen LogP) is 4.72. The molecular weight excluding hydrogens is 509 g/mol. The van der Waals surface area contributed by atoms with E-state index in [4.69, 9.17) is 4.74 Å². The molecule has 3 aromatic carbocycles. The Hall–Kier alpha value is -4.34. The van der Waals surface area contributed by atoms with E-state index in [9.17, 15) is 22.8 Å². The minimum Gasteiger partial charge on any atom is -0.497 e. The van der Waals surface area contributed by atoms with Crippen molar-refractivity contribution in [3.8, 4) is 5.75 Å². The van der Waals surface area contributed by atoms with Crippen molar-refractivity contribution in [1.29, 1.82) is 0 Å². The third kappa shape index (κ3) is 5.32. The van der Waals surface area contributed by atoms with Gasteiger partial charge < -0.3 is 10.1 Å². The van der Waals surface area contributed by atoms with Crippen LogP contribution in [0.5, 0.6) is 5.75 Å². The number of alkyl halides is 3. The first-order valence-electron chi connectivity index (χ1n) is 12.5. The molecule has 0 spiro atoms. The van der Waals surface area contributed by atoms with Crippen LogP contribution in [0.1, 0.15) is 28.3 Å². The quantitative estimate of drug-likeness (QED) is 0.490. The van der Waals surface area contributed by atoms with Crippen molar-refractivity contribution in [1.82, 2.24) is 15.1 Å². The van der Waals surface area contributed by atoms with Crippen molar-refractivity contribution >= 4 is 23.5 Å². The Morgan fingerprint density at radius 2 is 1.79 bits per heavy atom. The van der Waals surface area contributed by atoms with Crippen molar-refractivity contribution < 1.29 is 32.1 Å². The third-order valence-electron chi connectivity index (χ3n) is 6.93. The molecule has 1 unspecified atom stereocenters. The lowest BCUT2D eigenvalue weighted by atomic mass is 10.0. The highest BCUT2D eigenvalue weighted by atomic mass is 19.4. The number of halogens is 3. The smallest absolute Gasteiger partial charge is 0.416 e. The number of ether oxygens (including phenoxy) is 1. The number of amidine groups is 1. The lowest BCUT2D eigenvalue weighted by Gasteiger charge is -2.29. The molecule has 0 bridgehead atoms. The highest BCUT2D eigenvalue weighted by Crippen LogP contribution is 2.36. The van der Waals surface area contributed by atoms with Crippen molar-refractivity contribution in [2.24, 2.45) is 0 Å². The Kier molecular flexibility index (Phi) is 7.03. The van der Waals surface area contributed by atoms with Gasteiger partial charge in [-0.15, -0.1) is 0 Å². The first-order valence-corrected chi connectivity index (χ1v) is 12.5. The Balaban J connectivity index is 1.69. The molecule has 1 saturated heterocycles. The van der Waals surface area contributed by atoms with Crippen molar-refractivity contribution in [2.75, 3.05) is 33.3 Å². The first-order chi connectivity index (χ1) is 18.7. The number of carbonyl (C=O) groups excluding carboxylic acids is 2. The zero-order valence-corrected chi connectivity index (χ0v) is 21.5. The molecule has 3 amide bonds. The molecule has 3 aromatic rings. The number of carbonyl (C=O) groups is 2. The standard InChI is InChI=1S/C29H27F3N4O3/c1-19-5-3-7-21(15-19)27-35(23-11-9-22(10-12-23)29(30,31)32)17-25(20-6-4-8-24(16-20)39-2)36(27)28(38)34-14-13-33-26(37)18-34/h3-12,15-16,25H,13-14,17-18H2,1-2H3/p+1. The van der Waals surface area contributed by atoms with Gasteiger partial charge in [-0.05, 0) is 55.5 Å². The molecule has 1 atom stereocenters. The number of nitrogens with zero attached hydrogens (tertiary/aromatic N) is 3. The summed E-state index contributed by atoms with van der Waals surface area (Å²) in [5.41, 5.74) is 2.25. The normalized spacial score (nSPS) is 17.9. The average molecular weight is 538 g/mol. The zero-order valence-electron chi connectivity index (χ0n) is 21.5. The van der Waals surface area contributed by atoms with Crippen LogP contribution >= 0.6 is 0 Å². The minimum absolute atomic E-state index is 0.0818. The molecule has 2 aliphatic heterocycles. The molecule has 1 fully saturated rings. The molecule has 1 N–H and O–H groups in total. The van der Waals surface area contributed by atoms with Gasteiger partial charge in [0.05, 0.1) is 18.2 Å². The van der Waals surface area contributed by atoms with Crippen LogP contribution in [-0.2, 0) is 11.0 Å². The summed E-state index contributed by atoms with van der Waals surface area (Å²) < 4.78 is 47.3.